The largest absolute Gasteiger partial charge is 0.366 e. The molecule has 0 saturated carbocycles. The molecule has 3 amide bonds. The summed E-state index contributed by atoms with van der Waals surface area (Å²) in [6.45, 7) is 5.13. The fraction of sp³-hybridized carbons (Fsp3) is 0.600. The smallest absolute Gasteiger partial charge is 0.320 e. The number of ether oxygens (including phenoxy) is 1. The zero-order valence-electron chi connectivity index (χ0n) is 15.3. The number of benzene rings is 1. The number of amides is 3. The van der Waals surface area contributed by atoms with E-state index >= 15 is 0 Å². The Bertz CT molecular complexity index is 669. The summed E-state index contributed by atoms with van der Waals surface area (Å²) in [4.78, 5) is 28.0. The Morgan fingerprint density at radius 3 is 2.69 bits per heavy atom. The van der Waals surface area contributed by atoms with Crippen LogP contribution in [0.15, 0.2) is 24.3 Å². The lowest BCUT2D eigenvalue weighted by Gasteiger charge is -2.46. The number of carbonyl (C=O) groups excluding carboxylic acids is 2. The van der Waals surface area contributed by atoms with E-state index in [-0.39, 0.29) is 30.7 Å². The van der Waals surface area contributed by atoms with Gasteiger partial charge in [-0.25, -0.2) is 4.79 Å². The maximum Gasteiger partial charge on any atom is 0.320 e. The summed E-state index contributed by atoms with van der Waals surface area (Å²) in [5.41, 5.74) is 2.70. The summed E-state index contributed by atoms with van der Waals surface area (Å²) >= 11 is 0. The quantitative estimate of drug-likeness (QED) is 0.896. The van der Waals surface area contributed by atoms with Gasteiger partial charge in [-0.15, -0.1) is 0 Å². The molecule has 1 aromatic carbocycles. The maximum absolute atomic E-state index is 12.8. The van der Waals surface area contributed by atoms with Crippen molar-refractivity contribution in [3.8, 4) is 0 Å². The van der Waals surface area contributed by atoms with Crippen LogP contribution in [0.1, 0.15) is 36.8 Å². The lowest BCUT2D eigenvalue weighted by Crippen LogP contribution is -2.63. The number of morpholine rings is 1. The monoisotopic (exact) mass is 357 g/mol. The summed E-state index contributed by atoms with van der Waals surface area (Å²) in [7, 11) is 0. The first-order chi connectivity index (χ1) is 12.6. The normalized spacial score (nSPS) is 26.1. The van der Waals surface area contributed by atoms with Crippen LogP contribution in [0.4, 0.5) is 4.79 Å². The van der Waals surface area contributed by atoms with Crippen molar-refractivity contribution in [3.05, 3.63) is 35.4 Å². The predicted molar refractivity (Wildman–Crippen MR) is 98.0 cm³/mol. The van der Waals surface area contributed by atoms with E-state index in [2.05, 4.69) is 36.5 Å². The molecule has 1 aromatic rings. The van der Waals surface area contributed by atoms with Crippen molar-refractivity contribution >= 4 is 11.9 Å². The number of aryl methyl sites for hydroxylation is 1. The van der Waals surface area contributed by atoms with Gasteiger partial charge < -0.3 is 19.9 Å². The highest BCUT2D eigenvalue weighted by atomic mass is 16.5. The molecule has 1 N–H and O–H groups in total. The molecular formula is C20H27N3O3. The van der Waals surface area contributed by atoms with Gasteiger partial charge in [-0.1, -0.05) is 37.6 Å². The van der Waals surface area contributed by atoms with Gasteiger partial charge in [-0.2, -0.15) is 0 Å². The molecule has 6 nitrogen and oxygen atoms in total. The van der Waals surface area contributed by atoms with Gasteiger partial charge in [0.15, 0.2) is 0 Å². The standard InChI is InChI=1S/C20H27N3O3/c1-2-3-14-4-6-15(7-5-14)16-10-23(11-16)20(25)22-9-8-18-17(12-22)21-19(24)13-26-18/h4-7,16-18H,2-3,8-13H2,1H3,(H,21,24)/t17?,18-/m0/s1. The maximum atomic E-state index is 12.8. The molecule has 0 spiro atoms. The van der Waals surface area contributed by atoms with Gasteiger partial charge >= 0.3 is 6.03 Å². The third-order valence-electron chi connectivity index (χ3n) is 5.74. The molecule has 0 bridgehead atoms. The lowest BCUT2D eigenvalue weighted by atomic mass is 9.90. The van der Waals surface area contributed by atoms with Crippen LogP contribution in [0.3, 0.4) is 0 Å². The molecule has 26 heavy (non-hydrogen) atoms. The first kappa shape index (κ1) is 17.3. The molecular weight excluding hydrogens is 330 g/mol. The second-order valence-corrected chi connectivity index (χ2v) is 7.63. The van der Waals surface area contributed by atoms with Crippen molar-refractivity contribution in [1.82, 2.24) is 15.1 Å². The minimum atomic E-state index is -0.0870. The highest BCUT2D eigenvalue weighted by Crippen LogP contribution is 2.29. The van der Waals surface area contributed by atoms with E-state index in [0.717, 1.165) is 32.4 Å². The summed E-state index contributed by atoms with van der Waals surface area (Å²) in [5.74, 6) is 0.348. The fourth-order valence-electron chi connectivity index (χ4n) is 4.16. The average Bonchev–Trinajstić information content (AvgIpc) is 2.61. The van der Waals surface area contributed by atoms with Crippen molar-refractivity contribution in [2.75, 3.05) is 32.8 Å². The molecule has 0 radical (unpaired) electrons. The SMILES string of the molecule is CCCc1ccc(C2CN(C(=O)N3CC[C@@H]4OCC(=O)NC4C3)C2)cc1. The molecule has 1 unspecified atom stereocenters. The van der Waals surface area contributed by atoms with Crippen molar-refractivity contribution in [2.45, 2.75) is 44.2 Å². The molecule has 4 rings (SSSR count). The highest BCUT2D eigenvalue weighted by molar-refractivity contribution is 5.79. The van der Waals surface area contributed by atoms with E-state index in [4.69, 9.17) is 4.74 Å². The van der Waals surface area contributed by atoms with Gasteiger partial charge in [-0.05, 0) is 24.0 Å². The Hall–Kier alpha value is -2.08. The van der Waals surface area contributed by atoms with E-state index in [1.54, 1.807) is 0 Å². The van der Waals surface area contributed by atoms with Crippen LogP contribution in [-0.4, -0.2) is 66.7 Å². The van der Waals surface area contributed by atoms with Crippen LogP contribution in [0.2, 0.25) is 0 Å². The van der Waals surface area contributed by atoms with Gasteiger partial charge in [0.2, 0.25) is 5.91 Å². The van der Waals surface area contributed by atoms with Crippen LogP contribution in [0.25, 0.3) is 0 Å². The Balaban J connectivity index is 1.30. The topological polar surface area (TPSA) is 61.9 Å². The number of nitrogens with one attached hydrogen (secondary N) is 1. The Morgan fingerprint density at radius 1 is 1.19 bits per heavy atom. The number of hydrogen-bond acceptors (Lipinski definition) is 3. The second kappa shape index (κ2) is 7.27. The van der Waals surface area contributed by atoms with E-state index in [1.807, 2.05) is 9.80 Å². The Morgan fingerprint density at radius 2 is 1.96 bits per heavy atom. The number of piperidine rings is 1. The van der Waals surface area contributed by atoms with Gasteiger partial charge in [0, 0.05) is 32.1 Å². The fourth-order valence-corrected chi connectivity index (χ4v) is 4.16. The van der Waals surface area contributed by atoms with Gasteiger partial charge in [-0.3, -0.25) is 4.79 Å². The molecule has 140 valence electrons. The van der Waals surface area contributed by atoms with E-state index < -0.39 is 0 Å². The van der Waals surface area contributed by atoms with E-state index in [0.29, 0.717) is 19.0 Å². The van der Waals surface area contributed by atoms with Crippen molar-refractivity contribution in [1.29, 1.82) is 0 Å². The Kier molecular flexibility index (Phi) is 4.85. The number of nitrogens with zero attached hydrogens (tertiary/aromatic N) is 2. The van der Waals surface area contributed by atoms with E-state index in [1.165, 1.54) is 11.1 Å². The van der Waals surface area contributed by atoms with Crippen LogP contribution >= 0.6 is 0 Å². The number of carbonyl (C=O) groups is 2. The van der Waals surface area contributed by atoms with Gasteiger partial charge in [0.1, 0.15) is 6.61 Å². The molecule has 6 heteroatoms. The van der Waals surface area contributed by atoms with E-state index in [9.17, 15) is 9.59 Å². The van der Waals surface area contributed by atoms with Gasteiger partial charge in [0.05, 0.1) is 12.1 Å². The van der Waals surface area contributed by atoms with Crippen LogP contribution in [0, 0.1) is 0 Å². The third-order valence-corrected chi connectivity index (χ3v) is 5.74. The second-order valence-electron chi connectivity index (χ2n) is 7.63. The first-order valence-corrected chi connectivity index (χ1v) is 9.67. The number of hydrogen-bond donors (Lipinski definition) is 1. The molecule has 3 saturated heterocycles. The number of fused-ring (bicyclic) bond motifs is 1. The zero-order chi connectivity index (χ0) is 18.1. The molecule has 3 fully saturated rings. The van der Waals surface area contributed by atoms with Crippen molar-refractivity contribution < 1.29 is 14.3 Å². The number of urea groups is 1. The molecule has 3 aliphatic heterocycles. The minimum Gasteiger partial charge on any atom is -0.366 e. The van der Waals surface area contributed by atoms with Crippen molar-refractivity contribution in [3.63, 3.8) is 0 Å². The summed E-state index contributed by atoms with van der Waals surface area (Å²) in [6.07, 6.45) is 3.11. The Labute approximate surface area is 154 Å². The summed E-state index contributed by atoms with van der Waals surface area (Å²) < 4.78 is 5.56. The number of rotatable bonds is 3. The predicted octanol–water partition coefficient (Wildman–Crippen LogP) is 1.75. The average molecular weight is 357 g/mol. The van der Waals surface area contributed by atoms with Crippen molar-refractivity contribution in [2.24, 2.45) is 0 Å². The molecule has 0 aromatic heterocycles. The minimum absolute atomic E-state index is 0.0440. The van der Waals surface area contributed by atoms with Gasteiger partial charge in [0.25, 0.3) is 0 Å². The zero-order valence-corrected chi connectivity index (χ0v) is 15.3. The highest BCUT2D eigenvalue weighted by Gasteiger charge is 2.40. The number of likely N-dealkylation sites (tertiary alicyclic amines) is 2. The third kappa shape index (κ3) is 3.43. The van der Waals surface area contributed by atoms with Crippen LogP contribution in [-0.2, 0) is 16.0 Å². The van der Waals surface area contributed by atoms with Crippen LogP contribution < -0.4 is 5.32 Å². The molecule has 3 aliphatic rings. The summed E-state index contributed by atoms with van der Waals surface area (Å²) in [5, 5.41) is 2.95. The molecule has 2 atom stereocenters. The molecule has 3 heterocycles. The first-order valence-electron chi connectivity index (χ1n) is 9.67. The summed E-state index contributed by atoms with van der Waals surface area (Å²) in [6, 6.07) is 8.84. The lowest BCUT2D eigenvalue weighted by molar-refractivity contribution is -0.139. The van der Waals surface area contributed by atoms with Crippen LogP contribution in [0.5, 0.6) is 0 Å². The molecule has 0 aliphatic carbocycles.